The summed E-state index contributed by atoms with van der Waals surface area (Å²) in [6.07, 6.45) is 3.29. The molecule has 1 amide bonds. The monoisotopic (exact) mass is 325 g/mol. The third-order valence-electron chi connectivity index (χ3n) is 4.35. The van der Waals surface area contributed by atoms with Crippen LogP contribution < -0.4 is 5.32 Å². The highest BCUT2D eigenvalue weighted by Gasteiger charge is 2.33. The van der Waals surface area contributed by atoms with E-state index in [1.807, 2.05) is 37.3 Å². The molecule has 2 aromatic rings. The molecule has 0 saturated heterocycles. The normalized spacial score (nSPS) is 19.9. The van der Waals surface area contributed by atoms with Gasteiger partial charge in [0.1, 0.15) is 5.82 Å². The van der Waals surface area contributed by atoms with E-state index in [4.69, 9.17) is 5.11 Å². The minimum Gasteiger partial charge on any atom is -0.481 e. The number of amides is 1. The van der Waals surface area contributed by atoms with Gasteiger partial charge in [0.25, 0.3) is 0 Å². The second kappa shape index (κ2) is 6.78. The van der Waals surface area contributed by atoms with E-state index >= 15 is 0 Å². The van der Waals surface area contributed by atoms with Crippen molar-refractivity contribution in [3.05, 3.63) is 42.4 Å². The molecule has 6 heteroatoms. The number of benzene rings is 1. The highest BCUT2D eigenvalue weighted by Crippen LogP contribution is 2.32. The van der Waals surface area contributed by atoms with Gasteiger partial charge in [-0.15, -0.1) is 0 Å². The van der Waals surface area contributed by atoms with Crippen molar-refractivity contribution in [2.75, 3.05) is 5.32 Å². The Morgan fingerprint density at radius 1 is 1.21 bits per heavy atom. The van der Waals surface area contributed by atoms with Crippen LogP contribution in [0.3, 0.4) is 0 Å². The minimum atomic E-state index is -0.813. The molecule has 1 fully saturated rings. The summed E-state index contributed by atoms with van der Waals surface area (Å²) in [4.78, 5) is 31.8. The summed E-state index contributed by atoms with van der Waals surface area (Å²) in [5, 5.41) is 11.9. The molecule has 2 N–H and O–H groups in total. The average molecular weight is 325 g/mol. The number of aryl methyl sites for hydroxylation is 1. The number of carbonyl (C=O) groups excluding carboxylic acids is 1. The Morgan fingerprint density at radius 2 is 2.00 bits per heavy atom. The number of carboxylic acids is 1. The maximum Gasteiger partial charge on any atom is 0.306 e. The van der Waals surface area contributed by atoms with Gasteiger partial charge < -0.3 is 10.4 Å². The molecule has 124 valence electrons. The second-order valence-electron chi connectivity index (χ2n) is 6.10. The molecule has 1 aliphatic carbocycles. The van der Waals surface area contributed by atoms with E-state index in [0.29, 0.717) is 30.8 Å². The Hall–Kier alpha value is -2.76. The fraction of sp³-hybridized carbons (Fsp3) is 0.333. The Morgan fingerprint density at radius 3 is 2.71 bits per heavy atom. The van der Waals surface area contributed by atoms with Crippen LogP contribution in [-0.4, -0.2) is 27.0 Å². The number of carboxylic acid groups (broad SMARTS) is 1. The summed E-state index contributed by atoms with van der Waals surface area (Å²) in [6, 6.07) is 9.29. The molecule has 1 saturated carbocycles. The highest BCUT2D eigenvalue weighted by molar-refractivity contribution is 5.93. The zero-order valence-corrected chi connectivity index (χ0v) is 13.4. The van der Waals surface area contributed by atoms with Gasteiger partial charge in [-0.3, -0.25) is 9.59 Å². The smallest absolute Gasteiger partial charge is 0.306 e. The molecule has 0 spiro atoms. The molecule has 1 aromatic heterocycles. The Bertz CT molecular complexity index is 776. The number of anilines is 1. The quantitative estimate of drug-likeness (QED) is 0.901. The van der Waals surface area contributed by atoms with Crippen LogP contribution in [0.1, 0.15) is 25.1 Å². The summed E-state index contributed by atoms with van der Waals surface area (Å²) in [5.74, 6) is -0.888. The minimum absolute atomic E-state index is 0.116. The predicted octanol–water partition coefficient (Wildman–Crippen LogP) is 2.89. The van der Waals surface area contributed by atoms with Gasteiger partial charge in [0, 0.05) is 23.4 Å². The third kappa shape index (κ3) is 3.59. The van der Waals surface area contributed by atoms with Gasteiger partial charge in [-0.05, 0) is 44.4 Å². The Kier molecular flexibility index (Phi) is 4.55. The summed E-state index contributed by atoms with van der Waals surface area (Å²) in [6.45, 7) is 1.83. The van der Waals surface area contributed by atoms with Crippen molar-refractivity contribution in [2.24, 2.45) is 11.8 Å². The van der Waals surface area contributed by atoms with Crippen LogP contribution in [0.25, 0.3) is 11.3 Å². The first-order chi connectivity index (χ1) is 11.5. The van der Waals surface area contributed by atoms with Crippen molar-refractivity contribution in [1.29, 1.82) is 0 Å². The van der Waals surface area contributed by atoms with Crippen LogP contribution in [0.15, 0.2) is 36.5 Å². The van der Waals surface area contributed by atoms with Crippen LogP contribution in [0.2, 0.25) is 0 Å². The zero-order chi connectivity index (χ0) is 17.1. The molecule has 0 bridgehead atoms. The number of hydrogen-bond acceptors (Lipinski definition) is 4. The first-order valence-corrected chi connectivity index (χ1v) is 7.96. The molecule has 24 heavy (non-hydrogen) atoms. The first-order valence-electron chi connectivity index (χ1n) is 7.96. The number of hydrogen-bond donors (Lipinski definition) is 2. The van der Waals surface area contributed by atoms with Gasteiger partial charge in [-0.2, -0.15) is 0 Å². The van der Waals surface area contributed by atoms with Crippen LogP contribution in [0, 0.1) is 18.8 Å². The molecule has 0 unspecified atom stereocenters. The molecule has 3 rings (SSSR count). The number of rotatable bonds is 4. The summed E-state index contributed by atoms with van der Waals surface area (Å²) < 4.78 is 0. The van der Waals surface area contributed by atoms with Gasteiger partial charge in [-0.25, -0.2) is 9.97 Å². The standard InChI is InChI=1S/C18H19N3O3/c1-11-19-8-7-16(20-11)12-3-2-4-15(10-12)21-17(22)13-5-6-14(9-13)18(23)24/h2-4,7-8,10,13-14H,5-6,9H2,1H3,(H,21,22)(H,23,24)/t13-,14+/m1/s1. The van der Waals surface area contributed by atoms with E-state index in [1.54, 1.807) is 6.20 Å². The van der Waals surface area contributed by atoms with E-state index in [1.165, 1.54) is 0 Å². The second-order valence-corrected chi connectivity index (χ2v) is 6.10. The van der Waals surface area contributed by atoms with Crippen LogP contribution in [0.4, 0.5) is 5.69 Å². The lowest BCUT2D eigenvalue weighted by Crippen LogP contribution is -2.21. The third-order valence-corrected chi connectivity index (χ3v) is 4.35. The number of carbonyl (C=O) groups is 2. The van der Waals surface area contributed by atoms with Gasteiger partial charge in [0.05, 0.1) is 11.6 Å². The van der Waals surface area contributed by atoms with Crippen LogP contribution in [-0.2, 0) is 9.59 Å². The topological polar surface area (TPSA) is 92.2 Å². The summed E-state index contributed by atoms with van der Waals surface area (Å²) in [5.41, 5.74) is 2.38. The molecule has 1 aliphatic rings. The Balaban J connectivity index is 1.71. The first kappa shape index (κ1) is 16.1. The van der Waals surface area contributed by atoms with Crippen molar-refractivity contribution in [3.63, 3.8) is 0 Å². The molecular weight excluding hydrogens is 306 g/mol. The number of aliphatic carboxylic acids is 1. The molecule has 0 radical (unpaired) electrons. The molecule has 6 nitrogen and oxygen atoms in total. The molecule has 1 aromatic carbocycles. The molecule has 1 heterocycles. The molecule has 2 atom stereocenters. The van der Waals surface area contributed by atoms with E-state index < -0.39 is 11.9 Å². The lowest BCUT2D eigenvalue weighted by Gasteiger charge is -2.12. The van der Waals surface area contributed by atoms with Gasteiger partial charge in [-0.1, -0.05) is 12.1 Å². The fourth-order valence-corrected chi connectivity index (χ4v) is 3.06. The summed E-state index contributed by atoms with van der Waals surface area (Å²) in [7, 11) is 0. The van der Waals surface area contributed by atoms with Crippen molar-refractivity contribution in [1.82, 2.24) is 9.97 Å². The van der Waals surface area contributed by atoms with Crippen molar-refractivity contribution in [2.45, 2.75) is 26.2 Å². The number of nitrogens with one attached hydrogen (secondary N) is 1. The maximum absolute atomic E-state index is 12.4. The molecule has 0 aliphatic heterocycles. The SMILES string of the molecule is Cc1nccc(-c2cccc(NC(=O)[C@@H]3CC[C@H](C(=O)O)C3)c2)n1. The Labute approximate surface area is 140 Å². The van der Waals surface area contributed by atoms with Crippen molar-refractivity contribution >= 4 is 17.6 Å². The summed E-state index contributed by atoms with van der Waals surface area (Å²) >= 11 is 0. The van der Waals surface area contributed by atoms with Crippen molar-refractivity contribution in [3.8, 4) is 11.3 Å². The fourth-order valence-electron chi connectivity index (χ4n) is 3.06. The van der Waals surface area contributed by atoms with Gasteiger partial charge in [0.2, 0.25) is 5.91 Å². The lowest BCUT2D eigenvalue weighted by atomic mass is 10.0. The van der Waals surface area contributed by atoms with E-state index in [0.717, 1.165) is 11.3 Å². The van der Waals surface area contributed by atoms with Crippen LogP contribution in [0.5, 0.6) is 0 Å². The van der Waals surface area contributed by atoms with Crippen LogP contribution >= 0.6 is 0 Å². The van der Waals surface area contributed by atoms with E-state index in [9.17, 15) is 9.59 Å². The molecular formula is C18H19N3O3. The largest absolute Gasteiger partial charge is 0.481 e. The van der Waals surface area contributed by atoms with Crippen molar-refractivity contribution < 1.29 is 14.7 Å². The maximum atomic E-state index is 12.4. The van der Waals surface area contributed by atoms with E-state index in [-0.39, 0.29) is 11.8 Å². The number of aromatic nitrogens is 2. The predicted molar refractivity (Wildman–Crippen MR) is 89.3 cm³/mol. The number of nitrogens with zero attached hydrogens (tertiary/aromatic N) is 2. The van der Waals surface area contributed by atoms with Gasteiger partial charge >= 0.3 is 5.97 Å². The van der Waals surface area contributed by atoms with Gasteiger partial charge in [0.15, 0.2) is 0 Å². The lowest BCUT2D eigenvalue weighted by molar-refractivity contribution is -0.141. The zero-order valence-electron chi connectivity index (χ0n) is 13.4. The highest BCUT2D eigenvalue weighted by atomic mass is 16.4. The van der Waals surface area contributed by atoms with E-state index in [2.05, 4.69) is 15.3 Å². The average Bonchev–Trinajstić information content (AvgIpc) is 3.05.